The van der Waals surface area contributed by atoms with Crippen LogP contribution in [-0.4, -0.2) is 30.1 Å². The van der Waals surface area contributed by atoms with Gasteiger partial charge in [-0.1, -0.05) is 42.1 Å². The highest BCUT2D eigenvalue weighted by atomic mass is 32.2. The van der Waals surface area contributed by atoms with Crippen LogP contribution in [0.2, 0.25) is 0 Å². The topological polar surface area (TPSA) is 106 Å². The molecule has 39 heavy (non-hydrogen) atoms. The van der Waals surface area contributed by atoms with Gasteiger partial charge in [-0.15, -0.1) is 0 Å². The number of fused-ring (bicyclic) bond motifs is 1. The Balaban J connectivity index is 1.18. The number of anilines is 1. The Morgan fingerprint density at radius 2 is 1.67 bits per heavy atom. The Hall–Kier alpha value is -4.89. The smallest absolute Gasteiger partial charge is 0.271 e. The van der Waals surface area contributed by atoms with Crippen LogP contribution in [0.15, 0.2) is 112 Å². The fourth-order valence-electron chi connectivity index (χ4n) is 3.77. The van der Waals surface area contributed by atoms with Crippen LogP contribution < -0.4 is 15.5 Å². The average Bonchev–Trinajstić information content (AvgIpc) is 3.40. The highest BCUT2D eigenvalue weighted by Gasteiger charge is 2.10. The minimum absolute atomic E-state index is 0.219. The number of hydrazone groups is 1. The molecule has 0 saturated carbocycles. The van der Waals surface area contributed by atoms with E-state index >= 15 is 0 Å². The van der Waals surface area contributed by atoms with Gasteiger partial charge in [-0.3, -0.25) is 9.59 Å². The van der Waals surface area contributed by atoms with Gasteiger partial charge < -0.3 is 14.5 Å². The lowest BCUT2D eigenvalue weighted by Crippen LogP contribution is -2.18. The van der Waals surface area contributed by atoms with Crippen LogP contribution in [0.4, 0.5) is 5.69 Å². The summed E-state index contributed by atoms with van der Waals surface area (Å²) in [6, 6.07) is 28.8. The molecule has 0 radical (unpaired) electrons. The van der Waals surface area contributed by atoms with E-state index in [1.165, 1.54) is 11.8 Å². The first-order valence-corrected chi connectivity index (χ1v) is 13.0. The number of hydrogen-bond acceptors (Lipinski definition) is 7. The van der Waals surface area contributed by atoms with Crippen LogP contribution in [0.25, 0.3) is 11.1 Å². The lowest BCUT2D eigenvalue weighted by Gasteiger charge is -2.08. The van der Waals surface area contributed by atoms with E-state index in [1.54, 1.807) is 61.9 Å². The predicted molar refractivity (Wildman–Crippen MR) is 152 cm³/mol. The Morgan fingerprint density at radius 3 is 2.44 bits per heavy atom. The number of benzene rings is 4. The van der Waals surface area contributed by atoms with Crippen LogP contribution in [0.3, 0.4) is 0 Å². The maximum atomic E-state index is 12.5. The lowest BCUT2D eigenvalue weighted by molar-refractivity contribution is 0.0954. The zero-order chi connectivity index (χ0) is 27.0. The molecule has 8 nitrogen and oxygen atoms in total. The molecule has 0 saturated heterocycles. The van der Waals surface area contributed by atoms with Gasteiger partial charge in [0, 0.05) is 28.1 Å². The third-order valence-electron chi connectivity index (χ3n) is 5.75. The molecule has 0 aliphatic carbocycles. The van der Waals surface area contributed by atoms with Crippen LogP contribution >= 0.6 is 11.8 Å². The van der Waals surface area contributed by atoms with Crippen LogP contribution in [0, 0.1) is 0 Å². The molecule has 5 aromatic rings. The van der Waals surface area contributed by atoms with Crippen molar-refractivity contribution in [3.05, 3.63) is 119 Å². The number of carbonyl (C=O) groups is 2. The number of thioether (sulfide) groups is 1. The molecule has 2 N–H and O–H groups in total. The summed E-state index contributed by atoms with van der Waals surface area (Å²) in [6.45, 7) is 0. The fraction of sp³-hybridized carbons (Fsp3) is 0.0667. The highest BCUT2D eigenvalue weighted by Crippen LogP contribution is 2.30. The SMILES string of the molecule is COc1ccc(C=NNC(=O)c2ccc(NC(=O)c3ccccc3)cc2)cc1CSc1nc2ccccc2o1. The standard InChI is InChI=1S/C30H24N4O4S/c1-37-26-16-11-20(17-23(26)19-39-30-33-25-9-5-6-10-27(25)38-30)18-31-34-29(36)22-12-14-24(15-13-22)32-28(35)21-7-3-2-4-8-21/h2-18H,19H2,1H3,(H,32,35)(H,34,36). The number of hydrogen-bond donors (Lipinski definition) is 2. The Bertz CT molecular complexity index is 1600. The summed E-state index contributed by atoms with van der Waals surface area (Å²) < 4.78 is 11.3. The number of rotatable bonds is 9. The van der Waals surface area contributed by atoms with Crippen molar-refractivity contribution >= 4 is 46.6 Å². The van der Waals surface area contributed by atoms with E-state index in [4.69, 9.17) is 9.15 Å². The monoisotopic (exact) mass is 536 g/mol. The lowest BCUT2D eigenvalue weighted by atomic mass is 10.1. The van der Waals surface area contributed by atoms with E-state index in [-0.39, 0.29) is 11.8 Å². The summed E-state index contributed by atoms with van der Waals surface area (Å²) in [5.74, 6) is 0.729. The first kappa shape index (κ1) is 25.7. The van der Waals surface area contributed by atoms with Gasteiger partial charge in [0.2, 0.25) is 0 Å². The predicted octanol–water partition coefficient (Wildman–Crippen LogP) is 6.14. The zero-order valence-corrected chi connectivity index (χ0v) is 21.8. The molecule has 1 heterocycles. The average molecular weight is 537 g/mol. The highest BCUT2D eigenvalue weighted by molar-refractivity contribution is 7.98. The van der Waals surface area contributed by atoms with E-state index in [9.17, 15) is 9.59 Å². The molecule has 2 amide bonds. The molecule has 9 heteroatoms. The molecule has 0 unspecified atom stereocenters. The molecule has 1 aromatic heterocycles. The number of nitrogens with one attached hydrogen (secondary N) is 2. The molecule has 0 spiro atoms. The summed E-state index contributed by atoms with van der Waals surface area (Å²) in [5.41, 5.74) is 7.39. The van der Waals surface area contributed by atoms with E-state index in [0.29, 0.717) is 27.8 Å². The molecule has 5 rings (SSSR count). The number of oxazole rings is 1. The number of methoxy groups -OCH3 is 1. The van der Waals surface area contributed by atoms with Crippen LogP contribution in [-0.2, 0) is 5.75 Å². The van der Waals surface area contributed by atoms with Gasteiger partial charge in [-0.05, 0) is 72.3 Å². The molecule has 0 aliphatic heterocycles. The molecule has 0 fully saturated rings. The van der Waals surface area contributed by atoms with Crippen molar-refractivity contribution in [3.63, 3.8) is 0 Å². The molecule has 0 bridgehead atoms. The molecule has 0 atom stereocenters. The van der Waals surface area contributed by atoms with Crippen molar-refractivity contribution in [2.24, 2.45) is 5.10 Å². The van der Waals surface area contributed by atoms with E-state index in [1.807, 2.05) is 48.5 Å². The van der Waals surface area contributed by atoms with E-state index in [2.05, 4.69) is 20.8 Å². The molecular weight excluding hydrogens is 512 g/mol. The van der Waals surface area contributed by atoms with E-state index < -0.39 is 0 Å². The number of para-hydroxylation sites is 2. The summed E-state index contributed by atoms with van der Waals surface area (Å²) in [5, 5.41) is 7.49. The number of amides is 2. The second-order valence-electron chi connectivity index (χ2n) is 8.40. The normalized spacial score (nSPS) is 11.0. The first-order chi connectivity index (χ1) is 19.1. The second kappa shape index (κ2) is 12.1. The summed E-state index contributed by atoms with van der Waals surface area (Å²) in [7, 11) is 1.62. The summed E-state index contributed by atoms with van der Waals surface area (Å²) in [4.78, 5) is 29.3. The number of carbonyl (C=O) groups excluding carboxylic acids is 2. The number of nitrogens with zero attached hydrogens (tertiary/aromatic N) is 2. The van der Waals surface area contributed by atoms with Gasteiger partial charge in [-0.25, -0.2) is 10.4 Å². The molecular formula is C30H24N4O4S. The minimum Gasteiger partial charge on any atom is -0.496 e. The largest absolute Gasteiger partial charge is 0.496 e. The molecule has 0 aliphatic rings. The first-order valence-electron chi connectivity index (χ1n) is 12.0. The second-order valence-corrected chi connectivity index (χ2v) is 9.33. The maximum absolute atomic E-state index is 12.5. The third kappa shape index (κ3) is 6.52. The fourth-order valence-corrected chi connectivity index (χ4v) is 4.59. The Labute approximate surface area is 229 Å². The van der Waals surface area contributed by atoms with Gasteiger partial charge in [0.05, 0.1) is 13.3 Å². The Morgan fingerprint density at radius 1 is 0.923 bits per heavy atom. The van der Waals surface area contributed by atoms with Crippen molar-refractivity contribution in [1.29, 1.82) is 0 Å². The van der Waals surface area contributed by atoms with Crippen molar-refractivity contribution in [3.8, 4) is 5.75 Å². The zero-order valence-electron chi connectivity index (χ0n) is 21.0. The number of aromatic nitrogens is 1. The van der Waals surface area contributed by atoms with E-state index in [0.717, 1.165) is 28.0 Å². The maximum Gasteiger partial charge on any atom is 0.271 e. The van der Waals surface area contributed by atoms with Crippen LogP contribution in [0.5, 0.6) is 5.75 Å². The van der Waals surface area contributed by atoms with Crippen molar-refractivity contribution in [2.75, 3.05) is 12.4 Å². The van der Waals surface area contributed by atoms with Crippen molar-refractivity contribution in [2.45, 2.75) is 11.0 Å². The quantitative estimate of drug-likeness (QED) is 0.133. The minimum atomic E-state index is -0.368. The van der Waals surface area contributed by atoms with Crippen molar-refractivity contribution in [1.82, 2.24) is 10.4 Å². The van der Waals surface area contributed by atoms with Gasteiger partial charge >= 0.3 is 0 Å². The third-order valence-corrected chi connectivity index (χ3v) is 6.63. The van der Waals surface area contributed by atoms with Crippen LogP contribution in [0.1, 0.15) is 31.8 Å². The summed E-state index contributed by atoms with van der Waals surface area (Å²) in [6.07, 6.45) is 1.57. The van der Waals surface area contributed by atoms with Gasteiger partial charge in [0.1, 0.15) is 11.3 Å². The molecule has 4 aromatic carbocycles. The molecule has 194 valence electrons. The van der Waals surface area contributed by atoms with Gasteiger partial charge in [0.25, 0.3) is 17.0 Å². The van der Waals surface area contributed by atoms with Gasteiger partial charge in [-0.2, -0.15) is 5.10 Å². The number of ether oxygens (including phenoxy) is 1. The van der Waals surface area contributed by atoms with Crippen molar-refractivity contribution < 1.29 is 18.7 Å². The van der Waals surface area contributed by atoms with Gasteiger partial charge in [0.15, 0.2) is 5.58 Å². The Kier molecular flexibility index (Phi) is 7.99. The summed E-state index contributed by atoms with van der Waals surface area (Å²) >= 11 is 1.47.